The number of aliphatic hydroxyl groups is 1. The number of likely N-dealkylation sites (tertiary alicyclic amines) is 1. The van der Waals surface area contributed by atoms with Gasteiger partial charge in [-0.1, -0.05) is 6.07 Å². The lowest BCUT2D eigenvalue weighted by Gasteiger charge is -2.24. The van der Waals surface area contributed by atoms with Crippen molar-refractivity contribution in [3.63, 3.8) is 0 Å². The molecule has 7 heteroatoms. The quantitative estimate of drug-likeness (QED) is 0.368. The molecule has 30 heavy (non-hydrogen) atoms. The Morgan fingerprint density at radius 3 is 2.50 bits per heavy atom. The molecule has 1 atom stereocenters. The van der Waals surface area contributed by atoms with Crippen molar-refractivity contribution in [2.24, 2.45) is 0 Å². The lowest BCUT2D eigenvalue weighted by atomic mass is 9.96. The van der Waals surface area contributed by atoms with E-state index >= 15 is 0 Å². The second-order valence-electron chi connectivity index (χ2n) is 6.74. The molecule has 1 aromatic carbocycles. The van der Waals surface area contributed by atoms with Gasteiger partial charge in [0.25, 0.3) is 11.7 Å². The highest BCUT2D eigenvalue weighted by atomic mass is 32.1. The maximum atomic E-state index is 13.0. The molecule has 6 nitrogen and oxygen atoms in total. The predicted octanol–water partition coefficient (Wildman–Crippen LogP) is 4.16. The zero-order chi connectivity index (χ0) is 21.1. The number of aliphatic hydroxyl groups excluding tert-OH is 1. The van der Waals surface area contributed by atoms with E-state index in [0.717, 1.165) is 4.88 Å². The number of thiophene rings is 1. The lowest BCUT2D eigenvalue weighted by molar-refractivity contribution is -0.140. The van der Waals surface area contributed by atoms with Crippen LogP contribution in [0.1, 0.15) is 29.0 Å². The molecule has 0 radical (unpaired) electrons. The zero-order valence-electron chi connectivity index (χ0n) is 16.3. The van der Waals surface area contributed by atoms with Crippen LogP contribution in [0.4, 0.5) is 0 Å². The molecule has 1 aliphatic rings. The number of aromatic nitrogens is 1. The summed E-state index contributed by atoms with van der Waals surface area (Å²) in [6.07, 6.45) is 3.22. The van der Waals surface area contributed by atoms with E-state index in [-0.39, 0.29) is 17.9 Å². The number of carbonyl (C=O) groups is 2. The van der Waals surface area contributed by atoms with Gasteiger partial charge >= 0.3 is 0 Å². The molecule has 1 N–H and O–H groups in total. The summed E-state index contributed by atoms with van der Waals surface area (Å²) in [7, 11) is 0. The van der Waals surface area contributed by atoms with Crippen molar-refractivity contribution in [2.75, 3.05) is 6.61 Å². The number of Topliss-reactive ketones (excluding diaryl/α,β-unsaturated/α-hetero) is 1. The number of carbonyl (C=O) groups excluding carboxylic acids is 2. The molecular weight excluding hydrogens is 400 g/mol. The number of hydrogen-bond acceptors (Lipinski definition) is 6. The van der Waals surface area contributed by atoms with Crippen LogP contribution < -0.4 is 4.74 Å². The number of nitrogens with zero attached hydrogens (tertiary/aromatic N) is 2. The Morgan fingerprint density at radius 2 is 1.87 bits per heavy atom. The van der Waals surface area contributed by atoms with E-state index in [9.17, 15) is 14.7 Å². The fraction of sp³-hybridized carbons (Fsp3) is 0.174. The van der Waals surface area contributed by atoms with Gasteiger partial charge in [-0.15, -0.1) is 11.3 Å². The van der Waals surface area contributed by atoms with Gasteiger partial charge in [0.15, 0.2) is 0 Å². The van der Waals surface area contributed by atoms with Gasteiger partial charge in [-0.05, 0) is 60.3 Å². The Labute approximate surface area is 178 Å². The normalized spacial score (nSPS) is 18.0. The van der Waals surface area contributed by atoms with Crippen LogP contribution in [0.3, 0.4) is 0 Å². The van der Waals surface area contributed by atoms with Crippen molar-refractivity contribution in [3.05, 3.63) is 87.9 Å². The predicted molar refractivity (Wildman–Crippen MR) is 114 cm³/mol. The number of ketones is 1. The van der Waals surface area contributed by atoms with E-state index in [1.54, 1.807) is 48.8 Å². The van der Waals surface area contributed by atoms with Crippen molar-refractivity contribution in [2.45, 2.75) is 19.5 Å². The standard InChI is InChI=1S/C23H20N2O4S/c1-2-29-17-7-5-16(6-8-17)21(26)19-20(15-9-11-24-12-10-15)25(23(28)22(19)27)14-18-4-3-13-30-18/h3-13,20,26H,2,14H2,1H3/b21-19-. The first kappa shape index (κ1) is 19.8. The molecular formula is C23H20N2O4S. The van der Waals surface area contributed by atoms with Crippen molar-refractivity contribution in [1.82, 2.24) is 9.88 Å². The Balaban J connectivity index is 1.80. The molecule has 0 bridgehead atoms. The van der Waals surface area contributed by atoms with Gasteiger partial charge in [-0.2, -0.15) is 0 Å². The van der Waals surface area contributed by atoms with E-state index in [1.807, 2.05) is 24.4 Å². The van der Waals surface area contributed by atoms with Crippen LogP contribution in [0.2, 0.25) is 0 Å². The first-order valence-electron chi connectivity index (χ1n) is 9.54. The monoisotopic (exact) mass is 420 g/mol. The van der Waals surface area contributed by atoms with Crippen LogP contribution in [0, 0.1) is 0 Å². The van der Waals surface area contributed by atoms with Crippen molar-refractivity contribution >= 4 is 28.8 Å². The van der Waals surface area contributed by atoms with E-state index in [1.165, 1.54) is 16.2 Å². The van der Waals surface area contributed by atoms with Gasteiger partial charge in [0.1, 0.15) is 11.5 Å². The smallest absolute Gasteiger partial charge is 0.295 e. The Kier molecular flexibility index (Phi) is 5.63. The summed E-state index contributed by atoms with van der Waals surface area (Å²) < 4.78 is 5.44. The molecule has 1 amide bonds. The first-order chi connectivity index (χ1) is 14.6. The number of pyridine rings is 1. The second kappa shape index (κ2) is 8.51. The summed E-state index contributed by atoms with van der Waals surface area (Å²) in [5.41, 5.74) is 1.24. The summed E-state index contributed by atoms with van der Waals surface area (Å²) in [6.45, 7) is 2.70. The van der Waals surface area contributed by atoms with Crippen molar-refractivity contribution in [3.8, 4) is 5.75 Å². The summed E-state index contributed by atoms with van der Waals surface area (Å²) in [5, 5.41) is 13.0. The second-order valence-corrected chi connectivity index (χ2v) is 7.78. The molecule has 4 rings (SSSR count). The molecule has 1 unspecified atom stereocenters. The average Bonchev–Trinajstić information content (AvgIpc) is 3.37. The van der Waals surface area contributed by atoms with Crippen LogP contribution >= 0.6 is 11.3 Å². The van der Waals surface area contributed by atoms with Crippen molar-refractivity contribution < 1.29 is 19.4 Å². The van der Waals surface area contributed by atoms with Crippen LogP contribution in [0.25, 0.3) is 5.76 Å². The van der Waals surface area contributed by atoms with Gasteiger partial charge in [0, 0.05) is 22.8 Å². The van der Waals surface area contributed by atoms with Crippen LogP contribution in [-0.4, -0.2) is 33.3 Å². The van der Waals surface area contributed by atoms with Gasteiger partial charge in [0.2, 0.25) is 0 Å². The van der Waals surface area contributed by atoms with Gasteiger partial charge in [-0.25, -0.2) is 0 Å². The highest BCUT2D eigenvalue weighted by Crippen LogP contribution is 2.40. The third-order valence-corrected chi connectivity index (χ3v) is 5.77. The summed E-state index contributed by atoms with van der Waals surface area (Å²) in [5.74, 6) is -0.859. The Morgan fingerprint density at radius 1 is 1.13 bits per heavy atom. The number of amides is 1. The molecule has 0 saturated carbocycles. The topological polar surface area (TPSA) is 79.7 Å². The number of ether oxygens (including phenoxy) is 1. The summed E-state index contributed by atoms with van der Waals surface area (Å²) in [6, 6.07) is 13.4. The van der Waals surface area contributed by atoms with E-state index in [0.29, 0.717) is 23.5 Å². The fourth-order valence-corrected chi connectivity index (χ4v) is 4.24. The average molecular weight is 420 g/mol. The van der Waals surface area contributed by atoms with Gasteiger partial charge in [0.05, 0.1) is 24.8 Å². The van der Waals surface area contributed by atoms with Gasteiger partial charge in [-0.3, -0.25) is 14.6 Å². The Bertz CT molecular complexity index is 1080. The molecule has 3 heterocycles. The third kappa shape index (κ3) is 3.71. The first-order valence-corrected chi connectivity index (χ1v) is 10.4. The molecule has 1 saturated heterocycles. The minimum absolute atomic E-state index is 0.0758. The van der Waals surface area contributed by atoms with E-state index in [4.69, 9.17) is 4.74 Å². The highest BCUT2D eigenvalue weighted by Gasteiger charge is 2.46. The van der Waals surface area contributed by atoms with Crippen molar-refractivity contribution in [1.29, 1.82) is 0 Å². The molecule has 1 aliphatic heterocycles. The van der Waals surface area contributed by atoms with Crippen LogP contribution in [-0.2, 0) is 16.1 Å². The van der Waals surface area contributed by atoms with E-state index in [2.05, 4.69) is 4.98 Å². The molecule has 0 spiro atoms. The number of rotatable bonds is 6. The number of benzene rings is 1. The third-order valence-electron chi connectivity index (χ3n) is 4.91. The Hall–Kier alpha value is -3.45. The van der Waals surface area contributed by atoms with E-state index < -0.39 is 17.7 Å². The lowest BCUT2D eigenvalue weighted by Crippen LogP contribution is -2.28. The SMILES string of the molecule is CCOc1ccc(/C(O)=C2/C(=O)C(=O)N(Cc3cccs3)C2c2ccncc2)cc1. The van der Waals surface area contributed by atoms with Crippen LogP contribution in [0.15, 0.2) is 71.9 Å². The maximum Gasteiger partial charge on any atom is 0.295 e. The highest BCUT2D eigenvalue weighted by molar-refractivity contribution is 7.09. The zero-order valence-corrected chi connectivity index (χ0v) is 17.1. The summed E-state index contributed by atoms with van der Waals surface area (Å²) in [4.78, 5) is 32.4. The van der Waals surface area contributed by atoms with Gasteiger partial charge < -0.3 is 14.7 Å². The molecule has 152 valence electrons. The molecule has 3 aromatic rings. The number of hydrogen-bond donors (Lipinski definition) is 1. The minimum Gasteiger partial charge on any atom is -0.507 e. The van der Waals surface area contributed by atoms with Crippen LogP contribution in [0.5, 0.6) is 5.75 Å². The molecule has 2 aromatic heterocycles. The fourth-order valence-electron chi connectivity index (χ4n) is 3.54. The summed E-state index contributed by atoms with van der Waals surface area (Å²) >= 11 is 1.51. The molecule has 1 fully saturated rings. The minimum atomic E-state index is -0.695. The maximum absolute atomic E-state index is 13.0. The molecule has 0 aliphatic carbocycles. The largest absolute Gasteiger partial charge is 0.507 e.